The standard InChI is InChI=1S/C20H24ClF4N3O2/c1-5-12-13(21)18(28(4)27-12)20(29)26-9-11-14(22)16(24)19(17(25)15(11)23)30-8-6-7-10(2)3/h10H,5-9H2,1-4H3,(H,26,29). The molecule has 0 atom stereocenters. The molecule has 0 saturated heterocycles. The first-order chi connectivity index (χ1) is 14.1. The molecule has 0 aliphatic heterocycles. The molecule has 0 saturated carbocycles. The van der Waals surface area contributed by atoms with Crippen molar-refractivity contribution in [3.63, 3.8) is 0 Å². The molecule has 0 aliphatic rings. The first-order valence-electron chi connectivity index (χ1n) is 9.57. The molecule has 1 heterocycles. The highest BCUT2D eigenvalue weighted by Gasteiger charge is 2.28. The van der Waals surface area contributed by atoms with E-state index in [-0.39, 0.29) is 17.3 Å². The third-order valence-electron chi connectivity index (χ3n) is 4.52. The number of amides is 1. The van der Waals surface area contributed by atoms with E-state index in [9.17, 15) is 22.4 Å². The largest absolute Gasteiger partial charge is 0.487 e. The van der Waals surface area contributed by atoms with Crippen LogP contribution in [0.4, 0.5) is 17.6 Å². The molecular weight excluding hydrogens is 426 g/mol. The normalized spacial score (nSPS) is 11.3. The number of halogens is 5. The Morgan fingerprint density at radius 2 is 1.77 bits per heavy atom. The number of ether oxygens (including phenoxy) is 1. The molecule has 1 N–H and O–H groups in total. The van der Waals surface area contributed by atoms with Gasteiger partial charge in [-0.1, -0.05) is 32.4 Å². The Hall–Kier alpha value is -2.29. The molecule has 1 aromatic carbocycles. The van der Waals surface area contributed by atoms with Crippen molar-refractivity contribution in [2.45, 2.75) is 46.6 Å². The Bertz CT molecular complexity index is 903. The third kappa shape index (κ3) is 5.06. The lowest BCUT2D eigenvalue weighted by molar-refractivity contribution is 0.0940. The van der Waals surface area contributed by atoms with Crippen LogP contribution in [0.2, 0.25) is 5.02 Å². The van der Waals surface area contributed by atoms with E-state index in [4.69, 9.17) is 16.3 Å². The van der Waals surface area contributed by atoms with Gasteiger partial charge in [-0.25, -0.2) is 8.78 Å². The summed E-state index contributed by atoms with van der Waals surface area (Å²) in [6.45, 7) is 4.84. The fraction of sp³-hybridized carbons (Fsp3) is 0.500. The Kier molecular flexibility index (Phi) is 8.11. The number of aryl methyl sites for hydroxylation is 2. The SMILES string of the molecule is CCc1nn(C)c(C(=O)NCc2c(F)c(F)c(OCCCC(C)C)c(F)c2F)c1Cl. The summed E-state index contributed by atoms with van der Waals surface area (Å²) in [5.74, 6) is -8.08. The molecule has 0 unspecified atom stereocenters. The second-order valence-electron chi connectivity index (χ2n) is 7.22. The van der Waals surface area contributed by atoms with E-state index in [0.717, 1.165) is 6.42 Å². The van der Waals surface area contributed by atoms with Gasteiger partial charge in [-0.2, -0.15) is 13.9 Å². The van der Waals surface area contributed by atoms with Gasteiger partial charge < -0.3 is 10.1 Å². The van der Waals surface area contributed by atoms with Gasteiger partial charge in [0.2, 0.25) is 11.6 Å². The lowest BCUT2D eigenvalue weighted by Crippen LogP contribution is -2.27. The van der Waals surface area contributed by atoms with Gasteiger partial charge >= 0.3 is 0 Å². The minimum atomic E-state index is -1.64. The highest BCUT2D eigenvalue weighted by molar-refractivity contribution is 6.34. The summed E-state index contributed by atoms with van der Waals surface area (Å²) in [7, 11) is 1.48. The monoisotopic (exact) mass is 449 g/mol. The molecule has 0 aliphatic carbocycles. The molecular formula is C20H24ClF4N3O2. The van der Waals surface area contributed by atoms with E-state index in [1.807, 2.05) is 13.8 Å². The molecule has 0 spiro atoms. The Balaban J connectivity index is 2.19. The van der Waals surface area contributed by atoms with Crippen LogP contribution in [-0.2, 0) is 20.0 Å². The van der Waals surface area contributed by atoms with Crippen LogP contribution >= 0.6 is 11.6 Å². The van der Waals surface area contributed by atoms with Crippen molar-refractivity contribution < 1.29 is 27.1 Å². The maximum Gasteiger partial charge on any atom is 0.271 e. The second-order valence-corrected chi connectivity index (χ2v) is 7.60. The summed E-state index contributed by atoms with van der Waals surface area (Å²) in [5.41, 5.74) is -0.514. The van der Waals surface area contributed by atoms with Gasteiger partial charge in [0.15, 0.2) is 17.4 Å². The molecule has 0 bridgehead atoms. The van der Waals surface area contributed by atoms with E-state index in [2.05, 4.69) is 10.4 Å². The van der Waals surface area contributed by atoms with Gasteiger partial charge in [-0.3, -0.25) is 9.48 Å². The molecule has 30 heavy (non-hydrogen) atoms. The van der Waals surface area contributed by atoms with Crippen molar-refractivity contribution in [2.24, 2.45) is 13.0 Å². The fourth-order valence-corrected chi connectivity index (χ4v) is 3.26. The van der Waals surface area contributed by atoms with Crippen molar-refractivity contribution in [3.8, 4) is 5.75 Å². The van der Waals surface area contributed by atoms with Gasteiger partial charge in [-0.05, 0) is 25.2 Å². The van der Waals surface area contributed by atoms with Crippen molar-refractivity contribution in [3.05, 3.63) is 45.2 Å². The van der Waals surface area contributed by atoms with Crippen molar-refractivity contribution in [1.82, 2.24) is 15.1 Å². The number of carbonyl (C=O) groups is 1. The summed E-state index contributed by atoms with van der Waals surface area (Å²) in [4.78, 5) is 12.4. The van der Waals surface area contributed by atoms with E-state index in [1.54, 1.807) is 6.92 Å². The summed E-state index contributed by atoms with van der Waals surface area (Å²) < 4.78 is 63.4. The van der Waals surface area contributed by atoms with Crippen LogP contribution < -0.4 is 10.1 Å². The summed E-state index contributed by atoms with van der Waals surface area (Å²) in [6, 6.07) is 0. The van der Waals surface area contributed by atoms with Gasteiger partial charge in [-0.15, -0.1) is 0 Å². The molecule has 0 fully saturated rings. The lowest BCUT2D eigenvalue weighted by Gasteiger charge is -2.14. The molecule has 5 nitrogen and oxygen atoms in total. The van der Waals surface area contributed by atoms with Crippen LogP contribution in [0.15, 0.2) is 0 Å². The summed E-state index contributed by atoms with van der Waals surface area (Å²) >= 11 is 6.09. The second kappa shape index (κ2) is 10.1. The number of hydrogen-bond donors (Lipinski definition) is 1. The molecule has 1 aromatic heterocycles. The number of carbonyl (C=O) groups excluding carboxylic acids is 1. The van der Waals surface area contributed by atoms with Crippen molar-refractivity contribution in [1.29, 1.82) is 0 Å². The zero-order chi connectivity index (χ0) is 22.6. The molecule has 2 aromatic rings. The van der Waals surface area contributed by atoms with Crippen molar-refractivity contribution >= 4 is 17.5 Å². The van der Waals surface area contributed by atoms with Crippen LogP contribution in [0.3, 0.4) is 0 Å². The number of aromatic nitrogens is 2. The number of benzene rings is 1. The predicted molar refractivity (Wildman–Crippen MR) is 105 cm³/mol. The molecule has 10 heteroatoms. The minimum Gasteiger partial charge on any atom is -0.487 e. The zero-order valence-electron chi connectivity index (χ0n) is 17.2. The molecule has 166 valence electrons. The van der Waals surface area contributed by atoms with E-state index in [1.165, 1.54) is 11.7 Å². The van der Waals surface area contributed by atoms with Gasteiger partial charge in [0.1, 0.15) is 5.69 Å². The molecule has 1 amide bonds. The first kappa shape index (κ1) is 24.0. The lowest BCUT2D eigenvalue weighted by atomic mass is 10.1. The van der Waals surface area contributed by atoms with Crippen molar-refractivity contribution in [2.75, 3.05) is 6.61 Å². The van der Waals surface area contributed by atoms with Crippen LogP contribution in [0, 0.1) is 29.2 Å². The average molecular weight is 450 g/mol. The van der Waals surface area contributed by atoms with Crippen LogP contribution in [0.5, 0.6) is 5.75 Å². The van der Waals surface area contributed by atoms with Crippen LogP contribution in [0.25, 0.3) is 0 Å². The maximum atomic E-state index is 14.4. The maximum absolute atomic E-state index is 14.4. The first-order valence-corrected chi connectivity index (χ1v) is 9.94. The van der Waals surface area contributed by atoms with Gasteiger partial charge in [0.05, 0.1) is 17.3 Å². The Morgan fingerprint density at radius 3 is 2.27 bits per heavy atom. The van der Waals surface area contributed by atoms with Crippen LogP contribution in [0.1, 0.15) is 55.4 Å². The quantitative estimate of drug-likeness (QED) is 0.335. The highest BCUT2D eigenvalue weighted by Crippen LogP contribution is 2.30. The fourth-order valence-electron chi connectivity index (χ4n) is 2.88. The summed E-state index contributed by atoms with van der Waals surface area (Å²) in [5, 5.41) is 6.38. The average Bonchev–Trinajstić information content (AvgIpc) is 2.98. The van der Waals surface area contributed by atoms with Gasteiger partial charge in [0.25, 0.3) is 5.91 Å². The number of rotatable bonds is 9. The summed E-state index contributed by atoms with van der Waals surface area (Å²) in [6.07, 6.45) is 1.68. The molecule has 2 rings (SSSR count). The van der Waals surface area contributed by atoms with E-state index in [0.29, 0.717) is 24.5 Å². The van der Waals surface area contributed by atoms with E-state index < -0.39 is 47.0 Å². The number of nitrogens with zero attached hydrogens (tertiary/aromatic N) is 2. The predicted octanol–water partition coefficient (Wildman–Crippen LogP) is 4.94. The number of nitrogens with one attached hydrogen (secondary N) is 1. The Morgan fingerprint density at radius 1 is 1.17 bits per heavy atom. The highest BCUT2D eigenvalue weighted by atomic mass is 35.5. The minimum absolute atomic E-state index is 0.0274. The van der Waals surface area contributed by atoms with Crippen LogP contribution in [-0.4, -0.2) is 22.3 Å². The van der Waals surface area contributed by atoms with E-state index >= 15 is 0 Å². The zero-order valence-corrected chi connectivity index (χ0v) is 18.0. The van der Waals surface area contributed by atoms with Gasteiger partial charge in [0, 0.05) is 19.2 Å². The molecule has 0 radical (unpaired) electrons. The number of hydrogen-bond acceptors (Lipinski definition) is 3. The topological polar surface area (TPSA) is 56.2 Å². The smallest absolute Gasteiger partial charge is 0.271 e. The third-order valence-corrected chi connectivity index (χ3v) is 4.91. The Labute approximate surface area is 177 Å².